The third-order valence-corrected chi connectivity index (χ3v) is 2.22. The van der Waals surface area contributed by atoms with E-state index in [2.05, 4.69) is 20.6 Å². The van der Waals surface area contributed by atoms with Crippen LogP contribution in [-0.2, 0) is 11.2 Å². The van der Waals surface area contributed by atoms with E-state index in [9.17, 15) is 4.79 Å². The van der Waals surface area contributed by atoms with E-state index in [1.54, 1.807) is 13.0 Å². The Labute approximate surface area is 101 Å². The lowest BCUT2D eigenvalue weighted by atomic mass is 10.3. The van der Waals surface area contributed by atoms with E-state index in [-0.39, 0.29) is 11.9 Å². The van der Waals surface area contributed by atoms with E-state index in [1.807, 2.05) is 13.8 Å². The summed E-state index contributed by atoms with van der Waals surface area (Å²) in [5.74, 6) is 1.58. The summed E-state index contributed by atoms with van der Waals surface area (Å²) in [5.41, 5.74) is 5.65. The predicted molar refractivity (Wildman–Crippen MR) is 67.6 cm³/mol. The van der Waals surface area contributed by atoms with Crippen molar-refractivity contribution >= 4 is 17.5 Å². The number of hydrogen-bond acceptors (Lipinski definition) is 5. The average Bonchev–Trinajstić information content (AvgIpc) is 2.28. The second kappa shape index (κ2) is 6.03. The molecule has 0 bridgehead atoms. The Balaban J connectivity index is 2.73. The second-order valence-corrected chi connectivity index (χ2v) is 3.71. The Kier molecular flexibility index (Phi) is 4.68. The Morgan fingerprint density at radius 3 is 2.76 bits per heavy atom. The maximum absolute atomic E-state index is 11.5. The van der Waals surface area contributed by atoms with Crippen molar-refractivity contribution < 1.29 is 4.79 Å². The molecule has 1 unspecified atom stereocenters. The molecule has 0 saturated carbocycles. The summed E-state index contributed by atoms with van der Waals surface area (Å²) >= 11 is 0. The monoisotopic (exact) mass is 237 g/mol. The first-order valence-corrected chi connectivity index (χ1v) is 5.74. The first-order valence-electron chi connectivity index (χ1n) is 5.74. The van der Waals surface area contributed by atoms with Gasteiger partial charge in [0.1, 0.15) is 23.5 Å². The van der Waals surface area contributed by atoms with Gasteiger partial charge in [0.05, 0.1) is 0 Å². The Hall–Kier alpha value is -1.85. The predicted octanol–water partition coefficient (Wildman–Crippen LogP) is 0.558. The maximum atomic E-state index is 11.5. The summed E-state index contributed by atoms with van der Waals surface area (Å²) in [5, 5.41) is 5.73. The van der Waals surface area contributed by atoms with Crippen molar-refractivity contribution in [3.63, 3.8) is 0 Å². The van der Waals surface area contributed by atoms with Crippen LogP contribution in [0.2, 0.25) is 0 Å². The van der Waals surface area contributed by atoms with Gasteiger partial charge in [-0.2, -0.15) is 0 Å². The molecule has 6 heteroatoms. The third-order valence-electron chi connectivity index (χ3n) is 2.22. The number of carbonyl (C=O) groups excluding carboxylic acids is 1. The summed E-state index contributed by atoms with van der Waals surface area (Å²) < 4.78 is 0. The number of nitrogens with zero attached hydrogens (tertiary/aromatic N) is 2. The summed E-state index contributed by atoms with van der Waals surface area (Å²) in [6, 6.07) is 1.27. The minimum absolute atomic E-state index is 0.0669. The van der Waals surface area contributed by atoms with Crippen LogP contribution < -0.4 is 16.4 Å². The fraction of sp³-hybridized carbons (Fsp3) is 0.545. The second-order valence-electron chi connectivity index (χ2n) is 3.71. The topological polar surface area (TPSA) is 92.9 Å². The Morgan fingerprint density at radius 1 is 1.47 bits per heavy atom. The van der Waals surface area contributed by atoms with Gasteiger partial charge < -0.3 is 16.4 Å². The molecule has 1 rings (SSSR count). The van der Waals surface area contributed by atoms with E-state index in [4.69, 9.17) is 5.73 Å². The molecule has 17 heavy (non-hydrogen) atoms. The van der Waals surface area contributed by atoms with Crippen LogP contribution in [0, 0.1) is 0 Å². The van der Waals surface area contributed by atoms with Crippen LogP contribution in [0.3, 0.4) is 0 Å². The maximum Gasteiger partial charge on any atom is 0.242 e. The van der Waals surface area contributed by atoms with Crippen molar-refractivity contribution in [3.8, 4) is 0 Å². The number of hydrogen-bond donors (Lipinski definition) is 3. The Bertz CT molecular complexity index is 393. The number of nitrogens with two attached hydrogens (primary N) is 1. The largest absolute Gasteiger partial charge is 0.384 e. The standard InChI is InChI=1S/C11H19N5O/c1-4-9-15-8(12)6-10(16-9)14-7(3)11(17)13-5-2/h6-7H,4-5H2,1-3H3,(H,13,17)(H3,12,14,15,16). The van der Waals surface area contributed by atoms with Gasteiger partial charge in [0, 0.05) is 19.0 Å². The number of carbonyl (C=O) groups is 1. The summed E-state index contributed by atoms with van der Waals surface area (Å²) in [4.78, 5) is 19.9. The molecule has 0 spiro atoms. The molecule has 0 aliphatic heterocycles. The molecule has 1 aromatic heterocycles. The number of anilines is 2. The van der Waals surface area contributed by atoms with Gasteiger partial charge in [-0.25, -0.2) is 9.97 Å². The van der Waals surface area contributed by atoms with Crippen LogP contribution in [-0.4, -0.2) is 28.5 Å². The zero-order valence-electron chi connectivity index (χ0n) is 10.4. The summed E-state index contributed by atoms with van der Waals surface area (Å²) in [6.07, 6.45) is 0.704. The number of aryl methyl sites for hydroxylation is 1. The van der Waals surface area contributed by atoms with E-state index in [0.717, 1.165) is 0 Å². The Morgan fingerprint density at radius 2 is 2.18 bits per heavy atom. The molecular formula is C11H19N5O. The quantitative estimate of drug-likeness (QED) is 0.695. The normalized spacial score (nSPS) is 11.9. The van der Waals surface area contributed by atoms with Crippen LogP contribution in [0.25, 0.3) is 0 Å². The number of likely N-dealkylation sites (N-methyl/N-ethyl adjacent to an activating group) is 1. The molecule has 0 aliphatic rings. The fourth-order valence-electron chi connectivity index (χ4n) is 1.36. The van der Waals surface area contributed by atoms with Gasteiger partial charge in [-0.05, 0) is 13.8 Å². The third kappa shape index (κ3) is 3.90. The molecule has 0 aromatic carbocycles. The number of rotatable bonds is 5. The van der Waals surface area contributed by atoms with Gasteiger partial charge >= 0.3 is 0 Å². The number of amides is 1. The van der Waals surface area contributed by atoms with Crippen LogP contribution in [0.4, 0.5) is 11.6 Å². The molecule has 4 N–H and O–H groups in total. The van der Waals surface area contributed by atoms with E-state index in [1.165, 1.54) is 0 Å². The lowest BCUT2D eigenvalue weighted by Gasteiger charge is -2.14. The van der Waals surface area contributed by atoms with Gasteiger partial charge in [0.25, 0.3) is 0 Å². The molecule has 94 valence electrons. The highest BCUT2D eigenvalue weighted by molar-refractivity contribution is 5.83. The molecule has 1 amide bonds. The average molecular weight is 237 g/mol. The van der Waals surface area contributed by atoms with Crippen molar-refractivity contribution in [3.05, 3.63) is 11.9 Å². The van der Waals surface area contributed by atoms with Crippen LogP contribution in [0.1, 0.15) is 26.6 Å². The van der Waals surface area contributed by atoms with E-state index in [0.29, 0.717) is 30.4 Å². The van der Waals surface area contributed by atoms with Gasteiger partial charge in [-0.15, -0.1) is 0 Å². The highest BCUT2D eigenvalue weighted by atomic mass is 16.2. The molecule has 1 atom stereocenters. The van der Waals surface area contributed by atoms with Crippen LogP contribution >= 0.6 is 0 Å². The molecule has 0 radical (unpaired) electrons. The minimum Gasteiger partial charge on any atom is -0.384 e. The first-order chi connectivity index (χ1) is 8.06. The first kappa shape index (κ1) is 13.2. The molecule has 0 fully saturated rings. The number of aromatic nitrogens is 2. The minimum atomic E-state index is -0.353. The van der Waals surface area contributed by atoms with Gasteiger partial charge in [0.15, 0.2) is 0 Å². The molecule has 0 aliphatic carbocycles. The lowest BCUT2D eigenvalue weighted by molar-refractivity contribution is -0.121. The van der Waals surface area contributed by atoms with Gasteiger partial charge in [0.2, 0.25) is 5.91 Å². The smallest absolute Gasteiger partial charge is 0.242 e. The van der Waals surface area contributed by atoms with E-state index < -0.39 is 0 Å². The SMILES string of the molecule is CCNC(=O)C(C)Nc1cc(N)nc(CC)n1. The summed E-state index contributed by atoms with van der Waals surface area (Å²) in [7, 11) is 0. The molecule has 0 saturated heterocycles. The van der Waals surface area contributed by atoms with Crippen molar-refractivity contribution in [2.45, 2.75) is 33.2 Å². The highest BCUT2D eigenvalue weighted by Crippen LogP contribution is 2.10. The van der Waals surface area contributed by atoms with Crippen LogP contribution in [0.5, 0.6) is 0 Å². The number of nitrogens with one attached hydrogen (secondary N) is 2. The molecule has 1 aromatic rings. The van der Waals surface area contributed by atoms with Crippen molar-refractivity contribution in [1.29, 1.82) is 0 Å². The highest BCUT2D eigenvalue weighted by Gasteiger charge is 2.12. The van der Waals surface area contributed by atoms with E-state index >= 15 is 0 Å². The van der Waals surface area contributed by atoms with Gasteiger partial charge in [-0.3, -0.25) is 4.79 Å². The lowest BCUT2D eigenvalue weighted by Crippen LogP contribution is -2.37. The van der Waals surface area contributed by atoms with Crippen LogP contribution in [0.15, 0.2) is 6.07 Å². The molecular weight excluding hydrogens is 218 g/mol. The fourth-order valence-corrected chi connectivity index (χ4v) is 1.36. The number of nitrogen functional groups attached to an aromatic ring is 1. The molecule has 6 nitrogen and oxygen atoms in total. The zero-order valence-corrected chi connectivity index (χ0v) is 10.4. The van der Waals surface area contributed by atoms with Crippen molar-refractivity contribution in [1.82, 2.24) is 15.3 Å². The van der Waals surface area contributed by atoms with Crippen molar-refractivity contribution in [2.24, 2.45) is 0 Å². The molecule has 1 heterocycles. The summed E-state index contributed by atoms with van der Waals surface area (Å²) in [6.45, 7) is 6.21. The van der Waals surface area contributed by atoms with Gasteiger partial charge in [-0.1, -0.05) is 6.92 Å². The zero-order chi connectivity index (χ0) is 12.8. The van der Waals surface area contributed by atoms with Crippen molar-refractivity contribution in [2.75, 3.05) is 17.6 Å².